The van der Waals surface area contributed by atoms with Crippen molar-refractivity contribution in [2.45, 2.75) is 96.9 Å². The molecule has 1 aliphatic rings. The monoisotopic (exact) mass is 800 g/mol. The summed E-state index contributed by atoms with van der Waals surface area (Å²) in [7, 11) is -2.25. The highest BCUT2D eigenvalue weighted by molar-refractivity contribution is 6.74. The van der Waals surface area contributed by atoms with Crippen molar-refractivity contribution in [2.24, 2.45) is 0 Å². The lowest BCUT2D eigenvalue weighted by Gasteiger charge is -2.41. The summed E-state index contributed by atoms with van der Waals surface area (Å²) in [6.07, 6.45) is 3.94. The van der Waals surface area contributed by atoms with E-state index in [1.807, 2.05) is 124 Å². The quantitative estimate of drug-likeness (QED) is 0.0858. The highest BCUT2D eigenvalue weighted by Gasteiger charge is 2.41. The molecule has 10 heteroatoms. The summed E-state index contributed by atoms with van der Waals surface area (Å²) in [5, 5.41) is -0.0356. The third-order valence-electron chi connectivity index (χ3n) is 10.6. The zero-order chi connectivity index (χ0) is 41.5. The van der Waals surface area contributed by atoms with Gasteiger partial charge in [-0.15, -0.1) is 0 Å². The van der Waals surface area contributed by atoms with Gasteiger partial charge in [-0.3, -0.25) is 4.98 Å². The summed E-state index contributed by atoms with van der Waals surface area (Å²) in [6.45, 7) is 17.5. The van der Waals surface area contributed by atoms with Gasteiger partial charge < -0.3 is 28.3 Å². The Morgan fingerprint density at radius 1 is 0.862 bits per heavy atom. The minimum Gasteiger partial charge on any atom is -0.488 e. The van der Waals surface area contributed by atoms with Gasteiger partial charge in [0.15, 0.2) is 8.32 Å². The molecule has 4 aromatic carbocycles. The molecule has 0 fully saturated rings. The second kappa shape index (κ2) is 18.0. The predicted octanol–water partition coefficient (Wildman–Crippen LogP) is 11.6. The summed E-state index contributed by atoms with van der Waals surface area (Å²) in [6, 6.07) is 34.5. The topological polar surface area (TPSA) is 96.4 Å². The van der Waals surface area contributed by atoms with E-state index in [2.05, 4.69) is 44.9 Å². The number of hydrogen-bond donors (Lipinski definition) is 0. The van der Waals surface area contributed by atoms with Gasteiger partial charge in [0.1, 0.15) is 41.1 Å². The van der Waals surface area contributed by atoms with Gasteiger partial charge in [-0.1, -0.05) is 87.5 Å². The lowest BCUT2D eigenvalue weighted by atomic mass is 9.96. The smallest absolute Gasteiger partial charge is 0.410 e. The molecule has 0 saturated carbocycles. The molecule has 5 aromatic rings. The average molecular weight is 801 g/mol. The van der Waals surface area contributed by atoms with Gasteiger partial charge >= 0.3 is 12.1 Å². The number of carbonyl (C=O) groups is 2. The van der Waals surface area contributed by atoms with E-state index >= 15 is 0 Å². The van der Waals surface area contributed by atoms with Crippen molar-refractivity contribution in [3.05, 3.63) is 144 Å². The molecule has 0 N–H and O–H groups in total. The van der Waals surface area contributed by atoms with Crippen molar-refractivity contribution in [1.82, 2.24) is 9.88 Å². The van der Waals surface area contributed by atoms with Crippen molar-refractivity contribution < 1.29 is 33.0 Å². The minimum atomic E-state index is -2.25. The fourth-order valence-corrected chi connectivity index (χ4v) is 7.71. The van der Waals surface area contributed by atoms with E-state index in [4.69, 9.17) is 23.4 Å². The molecule has 1 aromatic heterocycles. The molecule has 1 aliphatic heterocycles. The first-order valence-corrected chi connectivity index (χ1v) is 22.9. The molecule has 0 radical (unpaired) electrons. The zero-order valence-corrected chi connectivity index (χ0v) is 36.0. The van der Waals surface area contributed by atoms with Crippen molar-refractivity contribution >= 4 is 20.4 Å². The summed E-state index contributed by atoms with van der Waals surface area (Å²) in [4.78, 5) is 33.3. The number of nitrogens with zero attached hydrogens (tertiary/aromatic N) is 2. The van der Waals surface area contributed by atoms with Crippen molar-refractivity contribution in [3.8, 4) is 28.4 Å². The molecule has 6 rings (SSSR count). The van der Waals surface area contributed by atoms with E-state index in [1.165, 1.54) is 0 Å². The highest BCUT2D eigenvalue weighted by Crippen LogP contribution is 2.41. The molecule has 0 spiro atoms. The third-order valence-corrected chi connectivity index (χ3v) is 15.1. The van der Waals surface area contributed by atoms with Crippen LogP contribution in [-0.4, -0.2) is 55.1 Å². The van der Waals surface area contributed by atoms with Crippen molar-refractivity contribution in [1.29, 1.82) is 0 Å². The molecule has 1 amide bonds. The predicted molar refractivity (Wildman–Crippen MR) is 230 cm³/mol. The molecule has 9 nitrogen and oxygen atoms in total. The average Bonchev–Trinajstić information content (AvgIpc) is 3.19. The van der Waals surface area contributed by atoms with Crippen LogP contribution in [-0.2, 0) is 26.9 Å². The number of fused-ring (bicyclic) bond motifs is 1. The van der Waals surface area contributed by atoms with Gasteiger partial charge in [0, 0.05) is 12.4 Å². The molecule has 2 atom stereocenters. The minimum absolute atomic E-state index is 0.0356. The fraction of sp³-hybridized carbons (Fsp3) is 0.354. The number of aryl methyl sites for hydroxylation is 1. The number of aromatic nitrogens is 1. The van der Waals surface area contributed by atoms with E-state index in [-0.39, 0.29) is 17.7 Å². The maximum absolute atomic E-state index is 13.9. The lowest BCUT2D eigenvalue weighted by molar-refractivity contribution is 0.00489. The standard InChI is InChI=1S/C48H56N2O7Si/c1-47(2,3)56-46(52)50(32-44(38-18-15-27-49-30-38)57-58(7,8)48(4,5)6)31-40-24-21-37-28-35(23-26-42(37)55-40)36-22-25-41(43(29-36)54-39-19-13-10-14-20-39)45(51)53-33-34-16-11-9-12-17-34/h9-20,22-23,25-30,40,44H,21,24,31-33H2,1-8H3/t40-,44-/m1/s1. The maximum Gasteiger partial charge on any atom is 0.410 e. The molecule has 0 unspecified atom stereocenters. The summed E-state index contributed by atoms with van der Waals surface area (Å²) < 4.78 is 31.5. The normalized spacial score (nSPS) is 14.7. The Morgan fingerprint density at radius 2 is 1.55 bits per heavy atom. The van der Waals surface area contributed by atoms with Crippen LogP contribution in [0.5, 0.6) is 17.2 Å². The van der Waals surface area contributed by atoms with E-state index in [0.29, 0.717) is 36.6 Å². The summed E-state index contributed by atoms with van der Waals surface area (Å²) >= 11 is 0. The fourth-order valence-electron chi connectivity index (χ4n) is 6.43. The molecular weight excluding hydrogens is 745 g/mol. The van der Waals surface area contributed by atoms with E-state index in [1.54, 1.807) is 17.2 Å². The van der Waals surface area contributed by atoms with E-state index in [9.17, 15) is 9.59 Å². The van der Waals surface area contributed by atoms with E-state index in [0.717, 1.165) is 40.0 Å². The molecule has 304 valence electrons. The Labute approximate surface area is 344 Å². The van der Waals surface area contributed by atoms with Crippen molar-refractivity contribution in [2.75, 3.05) is 13.1 Å². The van der Waals surface area contributed by atoms with Crippen LogP contribution in [0.2, 0.25) is 18.1 Å². The van der Waals surface area contributed by atoms with Gasteiger partial charge in [0.25, 0.3) is 0 Å². The zero-order valence-electron chi connectivity index (χ0n) is 35.0. The number of carbonyl (C=O) groups excluding carboxylic acids is 2. The summed E-state index contributed by atoms with van der Waals surface area (Å²) in [5.74, 6) is 1.32. The third kappa shape index (κ3) is 11.1. The van der Waals surface area contributed by atoms with Crippen LogP contribution < -0.4 is 9.47 Å². The van der Waals surface area contributed by atoms with Crippen LogP contribution in [0.1, 0.15) is 81.1 Å². The second-order valence-corrected chi connectivity index (χ2v) is 22.1. The summed E-state index contributed by atoms with van der Waals surface area (Å²) in [5.41, 5.74) is 4.38. The van der Waals surface area contributed by atoms with Crippen LogP contribution in [0, 0.1) is 0 Å². The van der Waals surface area contributed by atoms with Gasteiger partial charge in [0.2, 0.25) is 0 Å². The number of esters is 1. The van der Waals surface area contributed by atoms with Crippen LogP contribution in [0.4, 0.5) is 4.79 Å². The number of amides is 1. The SMILES string of the molecule is CC(C)(C)OC(=O)N(C[C@H]1CCc2cc(-c3ccc(C(=O)OCc4ccccc4)c(Oc4ccccc4)c3)ccc2O1)C[C@@H](O[Si](C)(C)C(C)(C)C)c1cccnc1. The van der Waals surface area contributed by atoms with Crippen LogP contribution >= 0.6 is 0 Å². The Hall–Kier alpha value is -5.45. The van der Waals surface area contributed by atoms with Crippen molar-refractivity contribution in [3.63, 3.8) is 0 Å². The number of para-hydroxylation sites is 1. The number of benzene rings is 4. The van der Waals surface area contributed by atoms with Crippen LogP contribution in [0.25, 0.3) is 11.1 Å². The molecule has 58 heavy (non-hydrogen) atoms. The van der Waals surface area contributed by atoms with Crippen LogP contribution in [0.3, 0.4) is 0 Å². The molecule has 0 aliphatic carbocycles. The first-order valence-electron chi connectivity index (χ1n) is 20.0. The van der Waals surface area contributed by atoms with Gasteiger partial charge in [0.05, 0.1) is 19.2 Å². The molecular formula is C48H56N2O7Si. The van der Waals surface area contributed by atoms with Gasteiger partial charge in [-0.2, -0.15) is 0 Å². The first-order chi connectivity index (χ1) is 27.5. The Morgan fingerprint density at radius 3 is 2.22 bits per heavy atom. The maximum atomic E-state index is 13.9. The second-order valence-electron chi connectivity index (χ2n) is 17.3. The number of pyridine rings is 1. The molecule has 0 saturated heterocycles. The first kappa shape index (κ1) is 42.2. The van der Waals surface area contributed by atoms with Gasteiger partial charge in [-0.05, 0) is 122 Å². The Bertz CT molecular complexity index is 2150. The largest absolute Gasteiger partial charge is 0.488 e. The van der Waals surface area contributed by atoms with Crippen LogP contribution in [0.15, 0.2) is 122 Å². The number of rotatable bonds is 13. The molecule has 2 heterocycles. The number of hydrogen-bond acceptors (Lipinski definition) is 8. The van der Waals surface area contributed by atoms with E-state index < -0.39 is 32.1 Å². The Balaban J connectivity index is 1.22. The Kier molecular flexibility index (Phi) is 13.1. The van der Waals surface area contributed by atoms with Gasteiger partial charge in [-0.25, -0.2) is 9.59 Å². The lowest BCUT2D eigenvalue weighted by Crippen LogP contribution is -2.48. The number of ether oxygens (including phenoxy) is 4. The highest BCUT2D eigenvalue weighted by atomic mass is 28.4. The molecule has 0 bridgehead atoms.